The van der Waals surface area contributed by atoms with E-state index < -0.39 is 15.6 Å². The Labute approximate surface area is 109 Å². The molecule has 19 heavy (non-hydrogen) atoms. The van der Waals surface area contributed by atoms with Gasteiger partial charge in [0, 0.05) is 18.8 Å². The highest BCUT2D eigenvalue weighted by Gasteiger charge is 2.14. The topological polar surface area (TPSA) is 104 Å². The van der Waals surface area contributed by atoms with Gasteiger partial charge in [0.1, 0.15) is 0 Å². The summed E-state index contributed by atoms with van der Waals surface area (Å²) in [7, 11) is -1.97. The maximum atomic E-state index is 12.0. The minimum absolute atomic E-state index is 0.0530. The summed E-state index contributed by atoms with van der Waals surface area (Å²) < 4.78 is 26.3. The standard InChI is InChI=1S/C11H12N4O3S/c1-12-8-2-4-9(5-3-8)19(17,18)15-10-6-7-11(16)14-13-10/h2-7,12H,1H3,(H,13,15)(H,14,16). The molecular weight excluding hydrogens is 268 g/mol. The summed E-state index contributed by atoms with van der Waals surface area (Å²) in [6.45, 7) is 0. The first kappa shape index (κ1) is 13.1. The molecule has 0 amide bonds. The van der Waals surface area contributed by atoms with Crippen LogP contribution in [0.25, 0.3) is 0 Å². The van der Waals surface area contributed by atoms with Crippen molar-refractivity contribution < 1.29 is 8.42 Å². The van der Waals surface area contributed by atoms with Crippen LogP contribution in [0.2, 0.25) is 0 Å². The van der Waals surface area contributed by atoms with Gasteiger partial charge in [0.15, 0.2) is 5.82 Å². The summed E-state index contributed by atoms with van der Waals surface area (Å²) in [6, 6.07) is 8.72. The van der Waals surface area contributed by atoms with E-state index in [1.807, 2.05) is 0 Å². The van der Waals surface area contributed by atoms with Gasteiger partial charge in [-0.15, -0.1) is 0 Å². The Morgan fingerprint density at radius 1 is 1.11 bits per heavy atom. The summed E-state index contributed by atoms with van der Waals surface area (Å²) in [5.41, 5.74) is 0.405. The molecule has 0 aliphatic carbocycles. The van der Waals surface area contributed by atoms with E-state index >= 15 is 0 Å². The van der Waals surface area contributed by atoms with Crippen LogP contribution in [0.5, 0.6) is 0 Å². The zero-order chi connectivity index (χ0) is 13.9. The second-order valence-electron chi connectivity index (χ2n) is 3.69. The van der Waals surface area contributed by atoms with Crippen LogP contribution in [0.3, 0.4) is 0 Å². The van der Waals surface area contributed by atoms with Crippen molar-refractivity contribution in [2.24, 2.45) is 0 Å². The summed E-state index contributed by atoms with van der Waals surface area (Å²) >= 11 is 0. The highest BCUT2D eigenvalue weighted by Crippen LogP contribution is 2.16. The normalized spacial score (nSPS) is 11.0. The first-order valence-electron chi connectivity index (χ1n) is 5.37. The van der Waals surface area contributed by atoms with Gasteiger partial charge in [0.25, 0.3) is 15.6 Å². The molecule has 8 heteroatoms. The molecule has 2 rings (SSSR count). The van der Waals surface area contributed by atoms with Crippen LogP contribution in [0.1, 0.15) is 0 Å². The minimum atomic E-state index is -3.71. The van der Waals surface area contributed by atoms with E-state index in [2.05, 4.69) is 20.2 Å². The molecule has 1 aromatic carbocycles. The van der Waals surface area contributed by atoms with Gasteiger partial charge in [-0.05, 0) is 30.3 Å². The SMILES string of the molecule is CNc1ccc(S(=O)(=O)Nc2ccc(=O)[nH]n2)cc1. The molecule has 0 atom stereocenters. The van der Waals surface area contributed by atoms with Crippen LogP contribution in [-0.4, -0.2) is 25.7 Å². The number of nitrogens with one attached hydrogen (secondary N) is 3. The third kappa shape index (κ3) is 3.10. The van der Waals surface area contributed by atoms with E-state index in [0.717, 1.165) is 5.69 Å². The fourth-order valence-corrected chi connectivity index (χ4v) is 2.40. The molecular formula is C11H12N4O3S. The largest absolute Gasteiger partial charge is 0.388 e. The summed E-state index contributed by atoms with van der Waals surface area (Å²) in [4.78, 5) is 10.9. The first-order chi connectivity index (χ1) is 9.01. The number of anilines is 2. The molecule has 0 aliphatic rings. The lowest BCUT2D eigenvalue weighted by atomic mass is 10.3. The van der Waals surface area contributed by atoms with E-state index in [9.17, 15) is 13.2 Å². The Morgan fingerprint density at radius 2 is 1.79 bits per heavy atom. The second-order valence-corrected chi connectivity index (χ2v) is 5.37. The average molecular weight is 280 g/mol. The van der Waals surface area contributed by atoms with Crippen LogP contribution < -0.4 is 15.6 Å². The number of nitrogens with zero attached hydrogens (tertiary/aromatic N) is 1. The molecule has 1 heterocycles. The Morgan fingerprint density at radius 3 is 2.32 bits per heavy atom. The molecule has 0 saturated heterocycles. The molecule has 0 saturated carbocycles. The van der Waals surface area contributed by atoms with Crippen molar-refractivity contribution in [3.8, 4) is 0 Å². The zero-order valence-electron chi connectivity index (χ0n) is 10.0. The van der Waals surface area contributed by atoms with Crippen molar-refractivity contribution in [3.05, 3.63) is 46.8 Å². The lowest BCUT2D eigenvalue weighted by Gasteiger charge is -2.07. The number of aromatic amines is 1. The van der Waals surface area contributed by atoms with Gasteiger partial charge < -0.3 is 5.32 Å². The molecule has 0 aliphatic heterocycles. The van der Waals surface area contributed by atoms with Gasteiger partial charge >= 0.3 is 0 Å². The minimum Gasteiger partial charge on any atom is -0.388 e. The van der Waals surface area contributed by atoms with Crippen molar-refractivity contribution >= 4 is 21.5 Å². The quantitative estimate of drug-likeness (QED) is 0.761. The zero-order valence-corrected chi connectivity index (χ0v) is 10.9. The fourth-order valence-electron chi connectivity index (χ4n) is 1.40. The maximum absolute atomic E-state index is 12.0. The third-order valence-corrected chi connectivity index (χ3v) is 3.74. The number of rotatable bonds is 4. The molecule has 0 unspecified atom stereocenters. The van der Waals surface area contributed by atoms with Crippen LogP contribution in [0.4, 0.5) is 11.5 Å². The summed E-state index contributed by atoms with van der Waals surface area (Å²) in [6.07, 6.45) is 0. The van der Waals surface area contributed by atoms with Gasteiger partial charge in [-0.2, -0.15) is 5.10 Å². The molecule has 100 valence electrons. The van der Waals surface area contributed by atoms with Crippen LogP contribution >= 0.6 is 0 Å². The van der Waals surface area contributed by atoms with E-state index in [-0.39, 0.29) is 10.7 Å². The van der Waals surface area contributed by atoms with Gasteiger partial charge in [-0.1, -0.05) is 0 Å². The monoisotopic (exact) mass is 280 g/mol. The number of H-pyrrole nitrogens is 1. The highest BCUT2D eigenvalue weighted by atomic mass is 32.2. The van der Waals surface area contributed by atoms with Crippen molar-refractivity contribution in [1.82, 2.24) is 10.2 Å². The number of sulfonamides is 1. The molecule has 2 aromatic rings. The first-order valence-corrected chi connectivity index (χ1v) is 6.86. The third-order valence-electron chi connectivity index (χ3n) is 2.37. The van der Waals surface area contributed by atoms with Crippen LogP contribution in [0.15, 0.2) is 46.1 Å². The average Bonchev–Trinajstić information content (AvgIpc) is 2.41. The number of hydrogen-bond acceptors (Lipinski definition) is 5. The smallest absolute Gasteiger partial charge is 0.264 e. The Kier molecular flexibility index (Phi) is 3.52. The molecule has 0 bridgehead atoms. The Bertz CT molecular complexity index is 702. The molecule has 3 N–H and O–H groups in total. The fraction of sp³-hybridized carbons (Fsp3) is 0.0909. The summed E-state index contributed by atoms with van der Waals surface area (Å²) in [5.74, 6) is 0.0530. The van der Waals surface area contributed by atoms with Crippen molar-refractivity contribution in [1.29, 1.82) is 0 Å². The highest BCUT2D eigenvalue weighted by molar-refractivity contribution is 7.92. The molecule has 7 nitrogen and oxygen atoms in total. The van der Waals surface area contributed by atoms with E-state index in [1.165, 1.54) is 24.3 Å². The predicted octanol–water partition coefficient (Wildman–Crippen LogP) is 0.612. The molecule has 0 radical (unpaired) electrons. The molecule has 0 spiro atoms. The number of hydrogen-bond donors (Lipinski definition) is 3. The van der Waals surface area contributed by atoms with E-state index in [0.29, 0.717) is 0 Å². The second kappa shape index (κ2) is 5.11. The maximum Gasteiger partial charge on any atom is 0.264 e. The predicted molar refractivity (Wildman–Crippen MR) is 71.7 cm³/mol. The van der Waals surface area contributed by atoms with Gasteiger partial charge in [-0.25, -0.2) is 13.5 Å². The summed E-state index contributed by atoms with van der Waals surface area (Å²) in [5, 5.41) is 8.63. The lowest BCUT2D eigenvalue weighted by Crippen LogP contribution is -2.16. The van der Waals surface area contributed by atoms with E-state index in [4.69, 9.17) is 0 Å². The molecule has 0 fully saturated rings. The Hall–Kier alpha value is -2.35. The van der Waals surface area contributed by atoms with Gasteiger partial charge in [0.2, 0.25) is 0 Å². The van der Waals surface area contributed by atoms with Crippen LogP contribution in [-0.2, 0) is 10.0 Å². The van der Waals surface area contributed by atoms with Crippen molar-refractivity contribution in [2.75, 3.05) is 17.1 Å². The number of benzene rings is 1. The van der Waals surface area contributed by atoms with E-state index in [1.54, 1.807) is 19.2 Å². The van der Waals surface area contributed by atoms with Crippen LogP contribution in [0, 0.1) is 0 Å². The number of aromatic nitrogens is 2. The van der Waals surface area contributed by atoms with Gasteiger partial charge in [-0.3, -0.25) is 9.52 Å². The van der Waals surface area contributed by atoms with Crippen molar-refractivity contribution in [2.45, 2.75) is 4.90 Å². The van der Waals surface area contributed by atoms with Gasteiger partial charge in [0.05, 0.1) is 4.90 Å². The lowest BCUT2D eigenvalue weighted by molar-refractivity contribution is 0.601. The molecule has 1 aromatic heterocycles. The Balaban J connectivity index is 2.26. The van der Waals surface area contributed by atoms with Crippen molar-refractivity contribution in [3.63, 3.8) is 0 Å².